The number of halogens is 2. The van der Waals surface area contributed by atoms with Crippen molar-refractivity contribution >= 4 is 89.3 Å². The molecule has 39 heavy (non-hydrogen) atoms. The first-order valence-corrected chi connectivity index (χ1v) is 14.3. The molecule has 0 saturated carbocycles. The number of benzene rings is 3. The van der Waals surface area contributed by atoms with Crippen LogP contribution in [0.4, 0.5) is 23.0 Å². The number of fused-ring (bicyclic) bond motifs is 1. The number of rotatable bonds is 9. The molecule has 0 saturated heterocycles. The molecule has 0 atom stereocenters. The molecule has 0 radical (unpaired) electrons. The van der Waals surface area contributed by atoms with Gasteiger partial charge in [0.2, 0.25) is 16.5 Å². The lowest BCUT2D eigenvalue weighted by Crippen LogP contribution is -2.03. The van der Waals surface area contributed by atoms with Crippen LogP contribution in [0.25, 0.3) is 10.8 Å². The summed E-state index contributed by atoms with van der Waals surface area (Å²) < 4.78 is 71.5. The van der Waals surface area contributed by atoms with Crippen molar-refractivity contribution < 1.29 is 40.6 Å². The van der Waals surface area contributed by atoms with Gasteiger partial charge in [-0.2, -0.15) is 36.9 Å². The summed E-state index contributed by atoms with van der Waals surface area (Å²) in [6.45, 7) is 0. The van der Waals surface area contributed by atoms with Crippen molar-refractivity contribution in [2.75, 3.05) is 5.32 Å². The average Bonchev–Trinajstić information content (AvgIpc) is 2.84. The molecule has 3 aromatic carbocycles. The highest BCUT2D eigenvalue weighted by molar-refractivity contribution is 7.94. The van der Waals surface area contributed by atoms with Crippen LogP contribution < -0.4 is 5.32 Å². The first kappa shape index (κ1) is 29.0. The summed E-state index contributed by atoms with van der Waals surface area (Å²) >= 11 is 12.0. The van der Waals surface area contributed by atoms with E-state index in [0.29, 0.717) is 17.7 Å². The Morgan fingerprint density at radius 1 is 0.846 bits per heavy atom. The Kier molecular flexibility index (Phi) is 8.61. The van der Waals surface area contributed by atoms with Crippen molar-refractivity contribution in [3.63, 3.8) is 0 Å². The molecule has 4 aromatic rings. The van der Waals surface area contributed by atoms with Crippen LogP contribution in [0.15, 0.2) is 73.4 Å². The van der Waals surface area contributed by atoms with Gasteiger partial charge in [-0.25, -0.2) is 5.26 Å². The molecule has 0 unspecified atom stereocenters. The number of nitrogens with one attached hydrogen (secondary N) is 1. The van der Waals surface area contributed by atoms with Crippen LogP contribution in [0.1, 0.15) is 0 Å². The largest absolute Gasteiger partial charge is 0.324 e. The third-order valence-corrected chi connectivity index (χ3v) is 7.46. The number of anilines is 2. The molecule has 0 aliphatic carbocycles. The minimum absolute atomic E-state index is 0.00759. The standard InChI is InChI=1S/C19H12Cl2N6O9S3/c20-17-23-18(21)25-19(24-17)22-9-4-5-13(14(7-9)37-36-35-28)27-26-10-6-12-11(16(8-10)39(32,33)34)2-1-3-15(12)38(29,30)31/h1-8,28H,(H,29,30,31)(H,32,33,34)(H,22,23,24,25). The minimum atomic E-state index is -4.85. The summed E-state index contributed by atoms with van der Waals surface area (Å²) in [6, 6.07) is 9.98. The lowest BCUT2D eigenvalue weighted by Gasteiger charge is -2.09. The van der Waals surface area contributed by atoms with Gasteiger partial charge >= 0.3 is 0 Å². The van der Waals surface area contributed by atoms with Gasteiger partial charge < -0.3 is 5.32 Å². The second kappa shape index (κ2) is 11.6. The summed E-state index contributed by atoms with van der Waals surface area (Å²) in [5, 5.41) is 22.2. The van der Waals surface area contributed by atoms with Crippen LogP contribution >= 0.6 is 35.2 Å². The number of hydrogen-bond acceptors (Lipinski definition) is 14. The molecule has 0 spiro atoms. The van der Waals surface area contributed by atoms with E-state index in [4.69, 9.17) is 28.5 Å². The van der Waals surface area contributed by atoms with Gasteiger partial charge in [0.15, 0.2) is 0 Å². The van der Waals surface area contributed by atoms with Crippen LogP contribution in [-0.4, -0.2) is 46.2 Å². The summed E-state index contributed by atoms with van der Waals surface area (Å²) in [7, 11) is -9.62. The van der Waals surface area contributed by atoms with Crippen LogP contribution in [0.2, 0.25) is 10.6 Å². The lowest BCUT2D eigenvalue weighted by molar-refractivity contribution is -0.432. The third kappa shape index (κ3) is 7.13. The Bertz CT molecular complexity index is 1810. The molecular formula is C19H12Cl2N6O9S3. The van der Waals surface area contributed by atoms with Crippen LogP contribution in [0.5, 0.6) is 0 Å². The number of nitrogens with zero attached hydrogens (tertiary/aromatic N) is 5. The zero-order valence-corrected chi connectivity index (χ0v) is 22.6. The smallest absolute Gasteiger partial charge is 0.295 e. The van der Waals surface area contributed by atoms with Gasteiger partial charge in [0, 0.05) is 16.5 Å². The molecule has 4 N–H and O–H groups in total. The Hall–Kier alpha value is -3.04. The Labute approximate surface area is 233 Å². The Morgan fingerprint density at radius 2 is 1.54 bits per heavy atom. The van der Waals surface area contributed by atoms with E-state index in [1.54, 1.807) is 0 Å². The molecular weight excluding hydrogens is 623 g/mol. The molecule has 1 heterocycles. The molecule has 0 aliphatic heterocycles. The van der Waals surface area contributed by atoms with Gasteiger partial charge in [-0.05, 0) is 59.6 Å². The molecule has 20 heteroatoms. The van der Waals surface area contributed by atoms with Gasteiger partial charge in [0.25, 0.3) is 20.2 Å². The van der Waals surface area contributed by atoms with Crippen LogP contribution in [0.3, 0.4) is 0 Å². The van der Waals surface area contributed by atoms with Gasteiger partial charge in [-0.3, -0.25) is 9.11 Å². The Morgan fingerprint density at radius 3 is 2.18 bits per heavy atom. The van der Waals surface area contributed by atoms with E-state index in [2.05, 4.69) is 39.9 Å². The van der Waals surface area contributed by atoms with Crippen molar-refractivity contribution in [3.8, 4) is 0 Å². The highest BCUT2D eigenvalue weighted by Gasteiger charge is 2.21. The van der Waals surface area contributed by atoms with E-state index in [-0.39, 0.29) is 43.6 Å². The summed E-state index contributed by atoms with van der Waals surface area (Å²) in [6.07, 6.45) is 0. The fourth-order valence-corrected chi connectivity index (χ4v) is 5.48. The molecule has 4 rings (SSSR count). The molecule has 0 bridgehead atoms. The van der Waals surface area contributed by atoms with Gasteiger partial charge in [-0.1, -0.05) is 17.2 Å². The van der Waals surface area contributed by atoms with Crippen LogP contribution in [0, 0.1) is 0 Å². The topological polar surface area (TPSA) is 223 Å². The van der Waals surface area contributed by atoms with Crippen molar-refractivity contribution in [1.29, 1.82) is 0 Å². The minimum Gasteiger partial charge on any atom is -0.324 e. The molecule has 204 valence electrons. The second-order valence-corrected chi connectivity index (χ2v) is 11.4. The highest BCUT2D eigenvalue weighted by Crippen LogP contribution is 2.37. The lowest BCUT2D eigenvalue weighted by atomic mass is 10.1. The fraction of sp³-hybridized carbons (Fsp3) is 0. The molecule has 0 aliphatic rings. The first-order valence-electron chi connectivity index (χ1n) is 9.91. The maximum Gasteiger partial charge on any atom is 0.295 e. The van der Waals surface area contributed by atoms with Crippen molar-refractivity contribution in [1.82, 2.24) is 15.0 Å². The first-order chi connectivity index (χ1) is 18.3. The van der Waals surface area contributed by atoms with E-state index in [0.717, 1.165) is 18.2 Å². The second-order valence-electron chi connectivity index (χ2n) is 7.18. The van der Waals surface area contributed by atoms with E-state index >= 15 is 0 Å². The number of hydrogen-bond donors (Lipinski definition) is 4. The molecule has 1 aromatic heterocycles. The normalized spacial score (nSPS) is 12.3. The quantitative estimate of drug-likeness (QED) is 0.0593. The number of aromatic nitrogens is 3. The molecule has 0 fully saturated rings. The van der Waals surface area contributed by atoms with Crippen molar-refractivity contribution in [2.24, 2.45) is 10.2 Å². The zero-order valence-electron chi connectivity index (χ0n) is 18.6. The monoisotopic (exact) mass is 634 g/mol. The van der Waals surface area contributed by atoms with Crippen LogP contribution in [-0.2, 0) is 29.6 Å². The van der Waals surface area contributed by atoms with Crippen molar-refractivity contribution in [2.45, 2.75) is 14.7 Å². The third-order valence-electron chi connectivity index (χ3n) is 4.68. The van der Waals surface area contributed by atoms with Gasteiger partial charge in [0.05, 0.1) is 22.6 Å². The fourth-order valence-electron chi connectivity index (χ4n) is 3.22. The van der Waals surface area contributed by atoms with E-state index in [9.17, 15) is 25.9 Å². The summed E-state index contributed by atoms with van der Waals surface area (Å²) in [5.74, 6) is 0.00759. The maximum atomic E-state index is 12.0. The van der Waals surface area contributed by atoms with E-state index in [1.807, 2.05) is 0 Å². The average molecular weight is 635 g/mol. The number of azo groups is 1. The zero-order chi connectivity index (χ0) is 28.4. The SMILES string of the molecule is O=S(=O)(O)c1cc(N=Nc2ccc(Nc3nc(Cl)nc(Cl)n3)cc2SOOO)cc2c(S(=O)(=O)O)cccc12. The highest BCUT2D eigenvalue weighted by atomic mass is 35.5. The van der Waals surface area contributed by atoms with E-state index < -0.39 is 30.0 Å². The van der Waals surface area contributed by atoms with Crippen molar-refractivity contribution in [3.05, 3.63) is 59.1 Å². The summed E-state index contributed by atoms with van der Waals surface area (Å²) in [4.78, 5) is 10.3. The predicted molar refractivity (Wildman–Crippen MR) is 138 cm³/mol. The van der Waals surface area contributed by atoms with Gasteiger partial charge in [-0.15, -0.1) is 9.45 Å². The molecule has 15 nitrogen and oxygen atoms in total. The maximum absolute atomic E-state index is 12.0. The molecule has 0 amide bonds. The van der Waals surface area contributed by atoms with Gasteiger partial charge in [0.1, 0.15) is 15.5 Å². The summed E-state index contributed by atoms with van der Waals surface area (Å²) in [5.41, 5.74) is 0.275. The van der Waals surface area contributed by atoms with E-state index in [1.165, 1.54) is 30.3 Å². The predicted octanol–water partition coefficient (Wildman–Crippen LogP) is 5.41. The Balaban J connectivity index is 1.78.